The summed E-state index contributed by atoms with van der Waals surface area (Å²) in [6.45, 7) is 2.13. The van der Waals surface area contributed by atoms with E-state index in [0.29, 0.717) is 6.42 Å². The van der Waals surface area contributed by atoms with Crippen LogP contribution in [-0.4, -0.2) is 0 Å². The van der Waals surface area contributed by atoms with Gasteiger partial charge in [0.2, 0.25) is 0 Å². The molecule has 0 saturated carbocycles. The van der Waals surface area contributed by atoms with Gasteiger partial charge in [-0.3, -0.25) is 0 Å². The minimum absolute atomic E-state index is 0.651. The molecule has 0 amide bonds. The second-order valence-electron chi connectivity index (χ2n) is 2.51. The van der Waals surface area contributed by atoms with E-state index in [2.05, 4.69) is 6.92 Å². The first-order valence-corrected chi connectivity index (χ1v) is 4.07. The molecular weight excluding hydrogens is 141 g/mol. The summed E-state index contributed by atoms with van der Waals surface area (Å²) in [6.07, 6.45) is 6.55. The van der Waals surface area contributed by atoms with Crippen molar-refractivity contribution in [1.82, 2.24) is 0 Å². The molecule has 0 saturated heterocycles. The molecule has 62 valence electrons. The molecule has 0 aromatic heterocycles. The maximum Gasteiger partial charge on any atom is 0.196 e. The lowest BCUT2D eigenvalue weighted by Gasteiger charge is -1.92. The van der Waals surface area contributed by atoms with Gasteiger partial charge in [-0.2, -0.15) is 9.65 Å². The topological polar surface area (TPSA) is 23.8 Å². The quantitative estimate of drug-likeness (QED) is 0.441. The average Bonchev–Trinajstić information content (AvgIpc) is 2.04. The van der Waals surface area contributed by atoms with Crippen LogP contribution in [0.1, 0.15) is 39.0 Å². The summed E-state index contributed by atoms with van der Waals surface area (Å²) >= 11 is 0. The summed E-state index contributed by atoms with van der Waals surface area (Å²) in [6, 6.07) is 1.45. The Morgan fingerprint density at radius 2 is 2.18 bits per heavy atom. The molecular formula is C9H14FN. The van der Waals surface area contributed by atoms with Gasteiger partial charge in [-0.25, -0.2) is 0 Å². The van der Waals surface area contributed by atoms with E-state index < -0.39 is 5.83 Å². The number of nitriles is 1. The van der Waals surface area contributed by atoms with Crippen LogP contribution < -0.4 is 0 Å². The lowest BCUT2D eigenvalue weighted by molar-refractivity contribution is 0.643. The Morgan fingerprint density at radius 1 is 1.45 bits per heavy atom. The van der Waals surface area contributed by atoms with Crippen LogP contribution in [0.15, 0.2) is 11.9 Å². The molecule has 0 atom stereocenters. The highest BCUT2D eigenvalue weighted by molar-refractivity contribution is 5.11. The summed E-state index contributed by atoms with van der Waals surface area (Å²) < 4.78 is 12.1. The molecule has 0 spiro atoms. The number of nitrogens with zero attached hydrogens (tertiary/aromatic N) is 1. The molecule has 0 aromatic carbocycles. The zero-order chi connectivity index (χ0) is 8.53. The fourth-order valence-corrected chi connectivity index (χ4v) is 0.846. The highest BCUT2D eigenvalue weighted by Gasteiger charge is 1.89. The Kier molecular flexibility index (Phi) is 6.71. The highest BCUT2D eigenvalue weighted by atomic mass is 19.1. The van der Waals surface area contributed by atoms with Gasteiger partial charge in [0.25, 0.3) is 0 Å². The SMILES string of the molecule is CCCCCC/C=C(\F)C#N. The van der Waals surface area contributed by atoms with Crippen molar-refractivity contribution in [1.29, 1.82) is 5.26 Å². The first kappa shape index (κ1) is 10.2. The van der Waals surface area contributed by atoms with Gasteiger partial charge in [-0.1, -0.05) is 26.2 Å². The Balaban J connectivity index is 3.21. The molecule has 11 heavy (non-hydrogen) atoms. The standard InChI is InChI=1S/C9H14FN/c1-2-3-4-5-6-7-9(10)8-11/h7H,2-6H2,1H3/b9-7-. The van der Waals surface area contributed by atoms with E-state index in [-0.39, 0.29) is 0 Å². The normalized spacial score (nSPS) is 11.2. The van der Waals surface area contributed by atoms with Crippen molar-refractivity contribution in [2.75, 3.05) is 0 Å². The van der Waals surface area contributed by atoms with E-state index in [9.17, 15) is 4.39 Å². The van der Waals surface area contributed by atoms with Crippen LogP contribution in [0.3, 0.4) is 0 Å². The third-order valence-corrected chi connectivity index (χ3v) is 1.49. The maximum atomic E-state index is 12.1. The van der Waals surface area contributed by atoms with Crippen LogP contribution in [0, 0.1) is 11.3 Å². The van der Waals surface area contributed by atoms with E-state index in [4.69, 9.17) is 5.26 Å². The van der Waals surface area contributed by atoms with Gasteiger partial charge < -0.3 is 0 Å². The number of allylic oxidation sites excluding steroid dienone is 2. The van der Waals surface area contributed by atoms with Crippen LogP contribution in [0.4, 0.5) is 4.39 Å². The fourth-order valence-electron chi connectivity index (χ4n) is 0.846. The maximum absolute atomic E-state index is 12.1. The summed E-state index contributed by atoms with van der Waals surface area (Å²) in [7, 11) is 0. The number of hydrogen-bond donors (Lipinski definition) is 0. The predicted molar refractivity (Wildman–Crippen MR) is 43.6 cm³/mol. The molecule has 2 heteroatoms. The number of hydrogen-bond acceptors (Lipinski definition) is 1. The van der Waals surface area contributed by atoms with Gasteiger partial charge in [-0.15, -0.1) is 0 Å². The number of halogens is 1. The van der Waals surface area contributed by atoms with Crippen LogP contribution in [0.5, 0.6) is 0 Å². The minimum atomic E-state index is -0.651. The molecule has 0 aliphatic rings. The average molecular weight is 155 g/mol. The largest absolute Gasteiger partial charge is 0.196 e. The molecule has 0 aromatic rings. The molecule has 0 bridgehead atoms. The molecule has 0 unspecified atom stereocenters. The smallest absolute Gasteiger partial charge is 0.195 e. The fraction of sp³-hybridized carbons (Fsp3) is 0.667. The molecule has 0 aliphatic carbocycles. The van der Waals surface area contributed by atoms with Crippen LogP contribution in [0.2, 0.25) is 0 Å². The van der Waals surface area contributed by atoms with Gasteiger partial charge in [0.05, 0.1) is 0 Å². The van der Waals surface area contributed by atoms with E-state index in [1.165, 1.54) is 25.0 Å². The number of rotatable bonds is 5. The summed E-state index contributed by atoms with van der Waals surface area (Å²) in [4.78, 5) is 0. The van der Waals surface area contributed by atoms with Crippen molar-refractivity contribution >= 4 is 0 Å². The summed E-state index contributed by atoms with van der Waals surface area (Å²) in [5.41, 5.74) is 0. The van der Waals surface area contributed by atoms with E-state index in [0.717, 1.165) is 12.8 Å². The van der Waals surface area contributed by atoms with E-state index >= 15 is 0 Å². The first-order valence-electron chi connectivity index (χ1n) is 4.07. The van der Waals surface area contributed by atoms with Gasteiger partial charge >= 0.3 is 0 Å². The van der Waals surface area contributed by atoms with Gasteiger partial charge in [0.1, 0.15) is 6.07 Å². The zero-order valence-corrected chi connectivity index (χ0v) is 6.94. The molecule has 0 rings (SSSR count). The lowest BCUT2D eigenvalue weighted by atomic mass is 10.1. The van der Waals surface area contributed by atoms with Gasteiger partial charge in [-0.05, 0) is 18.9 Å². The molecule has 0 fully saturated rings. The molecule has 1 nitrogen and oxygen atoms in total. The lowest BCUT2D eigenvalue weighted by Crippen LogP contribution is -1.74. The Bertz CT molecular complexity index is 155. The summed E-state index contributed by atoms with van der Waals surface area (Å²) in [5, 5.41) is 8.04. The molecule has 0 radical (unpaired) electrons. The Labute approximate surface area is 67.5 Å². The third kappa shape index (κ3) is 7.05. The van der Waals surface area contributed by atoms with E-state index in [1.807, 2.05) is 0 Å². The first-order chi connectivity index (χ1) is 5.31. The number of unbranched alkanes of at least 4 members (excludes halogenated alkanes) is 4. The van der Waals surface area contributed by atoms with Gasteiger partial charge in [0, 0.05) is 0 Å². The minimum Gasteiger partial charge on any atom is -0.195 e. The second-order valence-corrected chi connectivity index (χ2v) is 2.51. The van der Waals surface area contributed by atoms with Crippen molar-refractivity contribution in [2.45, 2.75) is 39.0 Å². The molecule has 0 N–H and O–H groups in total. The van der Waals surface area contributed by atoms with Crippen LogP contribution in [-0.2, 0) is 0 Å². The Morgan fingerprint density at radius 3 is 2.73 bits per heavy atom. The molecule has 0 heterocycles. The third-order valence-electron chi connectivity index (χ3n) is 1.49. The molecule has 0 aliphatic heterocycles. The van der Waals surface area contributed by atoms with Crippen LogP contribution in [0.25, 0.3) is 0 Å². The van der Waals surface area contributed by atoms with Crippen molar-refractivity contribution in [2.24, 2.45) is 0 Å². The van der Waals surface area contributed by atoms with Crippen molar-refractivity contribution in [3.05, 3.63) is 11.9 Å². The van der Waals surface area contributed by atoms with Gasteiger partial charge in [0.15, 0.2) is 5.83 Å². The van der Waals surface area contributed by atoms with E-state index in [1.54, 1.807) is 0 Å². The monoisotopic (exact) mass is 155 g/mol. The highest BCUT2D eigenvalue weighted by Crippen LogP contribution is 2.05. The van der Waals surface area contributed by atoms with Crippen molar-refractivity contribution in [3.8, 4) is 6.07 Å². The summed E-state index contributed by atoms with van der Waals surface area (Å²) in [5.74, 6) is -0.651. The van der Waals surface area contributed by atoms with Crippen LogP contribution >= 0.6 is 0 Å². The Hall–Kier alpha value is -0.840. The predicted octanol–water partition coefficient (Wildman–Crippen LogP) is 3.33. The van der Waals surface area contributed by atoms with Crippen molar-refractivity contribution in [3.63, 3.8) is 0 Å². The second kappa shape index (κ2) is 7.27. The zero-order valence-electron chi connectivity index (χ0n) is 6.94. The van der Waals surface area contributed by atoms with Crippen molar-refractivity contribution < 1.29 is 4.39 Å².